The van der Waals surface area contributed by atoms with Crippen LogP contribution in [0.3, 0.4) is 0 Å². The van der Waals surface area contributed by atoms with Gasteiger partial charge in [0.25, 0.3) is 0 Å². The van der Waals surface area contributed by atoms with Gasteiger partial charge in [-0.1, -0.05) is 24.3 Å². The van der Waals surface area contributed by atoms with Crippen molar-refractivity contribution in [3.05, 3.63) is 24.3 Å². The van der Waals surface area contributed by atoms with Gasteiger partial charge in [-0.25, -0.2) is 0 Å². The van der Waals surface area contributed by atoms with Crippen molar-refractivity contribution in [2.45, 2.75) is 6.42 Å². The monoisotopic (exact) mass is 105 g/mol. The highest BCUT2D eigenvalue weighted by Gasteiger charge is 1.99. The zero-order chi connectivity index (χ0) is 5.82. The summed E-state index contributed by atoms with van der Waals surface area (Å²) < 4.78 is 0. The lowest BCUT2D eigenvalue weighted by atomic mass is 10.0. The van der Waals surface area contributed by atoms with Crippen LogP contribution in [0.25, 0.3) is 0 Å². The Balaban J connectivity index is 2.55. The van der Waals surface area contributed by atoms with Crippen LogP contribution in [0.5, 0.6) is 0 Å². The summed E-state index contributed by atoms with van der Waals surface area (Å²) >= 11 is 0. The maximum Gasteiger partial charge on any atom is 0.0700 e. The van der Waals surface area contributed by atoms with Gasteiger partial charge < -0.3 is 0 Å². The zero-order valence-electron chi connectivity index (χ0n) is 4.54. The fourth-order valence-corrected chi connectivity index (χ4v) is 0.676. The van der Waals surface area contributed by atoms with Crippen LogP contribution in [0.4, 0.5) is 0 Å². The molecule has 1 aliphatic rings. The average Bonchev–Trinajstić information content (AvgIpc) is 1.90. The van der Waals surface area contributed by atoms with E-state index >= 15 is 0 Å². The van der Waals surface area contributed by atoms with Gasteiger partial charge in [0.1, 0.15) is 0 Å². The van der Waals surface area contributed by atoms with Crippen LogP contribution in [0, 0.1) is 17.2 Å². The smallest absolute Gasteiger partial charge is 0.0700 e. The summed E-state index contributed by atoms with van der Waals surface area (Å²) in [5.41, 5.74) is 0. The molecule has 1 atom stereocenters. The third kappa shape index (κ3) is 0.974. The topological polar surface area (TPSA) is 23.8 Å². The number of nitrogens with zero attached hydrogens (tertiary/aromatic N) is 1. The largest absolute Gasteiger partial charge is 0.198 e. The molecule has 0 spiro atoms. The van der Waals surface area contributed by atoms with E-state index in [9.17, 15) is 0 Å². The Kier molecular flexibility index (Phi) is 1.48. The first-order valence-corrected chi connectivity index (χ1v) is 2.66. The summed E-state index contributed by atoms with van der Waals surface area (Å²) in [6, 6.07) is 2.17. The van der Waals surface area contributed by atoms with Crippen LogP contribution in [0.15, 0.2) is 24.3 Å². The van der Waals surface area contributed by atoms with E-state index < -0.39 is 0 Å². The Morgan fingerprint density at radius 1 is 1.50 bits per heavy atom. The lowest BCUT2D eigenvalue weighted by Gasteiger charge is -1.99. The summed E-state index contributed by atoms with van der Waals surface area (Å²) in [4.78, 5) is 0. The lowest BCUT2D eigenvalue weighted by Crippen LogP contribution is -1.90. The van der Waals surface area contributed by atoms with Gasteiger partial charge in [0, 0.05) is 0 Å². The van der Waals surface area contributed by atoms with Crippen molar-refractivity contribution in [1.29, 1.82) is 5.26 Å². The van der Waals surface area contributed by atoms with Gasteiger partial charge in [-0.15, -0.1) is 0 Å². The molecule has 0 aliphatic heterocycles. The number of hydrogen-bond donors (Lipinski definition) is 0. The van der Waals surface area contributed by atoms with Crippen LogP contribution in [0.1, 0.15) is 6.42 Å². The van der Waals surface area contributed by atoms with Crippen molar-refractivity contribution in [3.8, 4) is 6.07 Å². The molecular formula is C7H7N. The quantitative estimate of drug-likeness (QED) is 0.459. The number of rotatable bonds is 0. The maximum atomic E-state index is 8.36. The number of hydrogen-bond acceptors (Lipinski definition) is 1. The number of nitriles is 1. The molecule has 1 nitrogen and oxygen atoms in total. The molecule has 40 valence electrons. The van der Waals surface area contributed by atoms with Gasteiger partial charge in [0.2, 0.25) is 0 Å². The van der Waals surface area contributed by atoms with Crippen molar-refractivity contribution in [2.24, 2.45) is 5.92 Å². The second kappa shape index (κ2) is 2.32. The average molecular weight is 105 g/mol. The summed E-state index contributed by atoms with van der Waals surface area (Å²) in [6.45, 7) is 0. The van der Waals surface area contributed by atoms with Crippen molar-refractivity contribution in [1.82, 2.24) is 0 Å². The van der Waals surface area contributed by atoms with Gasteiger partial charge in [-0.05, 0) is 6.42 Å². The normalized spacial score (nSPS) is 25.1. The highest BCUT2D eigenvalue weighted by atomic mass is 14.3. The number of allylic oxidation sites excluding steroid dienone is 4. The van der Waals surface area contributed by atoms with E-state index in [0.29, 0.717) is 0 Å². The van der Waals surface area contributed by atoms with Crippen LogP contribution < -0.4 is 0 Å². The molecule has 0 aromatic heterocycles. The van der Waals surface area contributed by atoms with Crippen molar-refractivity contribution < 1.29 is 0 Å². The van der Waals surface area contributed by atoms with Crippen molar-refractivity contribution in [2.75, 3.05) is 0 Å². The molecule has 0 heterocycles. The van der Waals surface area contributed by atoms with Gasteiger partial charge in [0.05, 0.1) is 12.0 Å². The Morgan fingerprint density at radius 2 is 2.38 bits per heavy atom. The summed E-state index contributed by atoms with van der Waals surface area (Å²) in [5.74, 6) is 0.125. The fraction of sp³-hybridized carbons (Fsp3) is 0.286. The van der Waals surface area contributed by atoms with Gasteiger partial charge >= 0.3 is 0 Å². The Bertz CT molecular complexity index is 160. The standard InChI is InChI=1S/C7H7N/c8-6-7-4-2-1-3-5-7/h1-4,7H,5H2. The molecule has 1 aliphatic carbocycles. The molecule has 1 unspecified atom stereocenters. The molecule has 0 aromatic rings. The molecule has 0 bridgehead atoms. The highest BCUT2D eigenvalue weighted by molar-refractivity contribution is 5.15. The van der Waals surface area contributed by atoms with E-state index in [1.54, 1.807) is 0 Å². The van der Waals surface area contributed by atoms with Gasteiger partial charge in [0.15, 0.2) is 0 Å². The van der Waals surface area contributed by atoms with E-state index in [1.807, 2.05) is 24.3 Å². The molecule has 0 aromatic carbocycles. The molecule has 8 heavy (non-hydrogen) atoms. The van der Waals surface area contributed by atoms with Crippen LogP contribution in [-0.2, 0) is 0 Å². The fourth-order valence-electron chi connectivity index (χ4n) is 0.676. The van der Waals surface area contributed by atoms with Crippen molar-refractivity contribution >= 4 is 0 Å². The summed E-state index contributed by atoms with van der Waals surface area (Å²) in [6.07, 6.45) is 8.69. The molecule has 0 amide bonds. The van der Waals surface area contributed by atoms with Crippen LogP contribution >= 0.6 is 0 Å². The minimum Gasteiger partial charge on any atom is -0.198 e. The second-order valence-corrected chi connectivity index (χ2v) is 1.78. The lowest BCUT2D eigenvalue weighted by molar-refractivity contribution is 0.838. The Labute approximate surface area is 48.9 Å². The van der Waals surface area contributed by atoms with E-state index in [-0.39, 0.29) is 5.92 Å². The first-order chi connectivity index (χ1) is 3.93. The molecule has 1 heteroatoms. The molecule has 0 fully saturated rings. The predicted molar refractivity (Wildman–Crippen MR) is 32.0 cm³/mol. The minimum atomic E-state index is 0.125. The van der Waals surface area contributed by atoms with Gasteiger partial charge in [-0.3, -0.25) is 0 Å². The van der Waals surface area contributed by atoms with E-state index in [0.717, 1.165) is 6.42 Å². The van der Waals surface area contributed by atoms with E-state index in [4.69, 9.17) is 5.26 Å². The van der Waals surface area contributed by atoms with Crippen LogP contribution in [-0.4, -0.2) is 0 Å². The zero-order valence-corrected chi connectivity index (χ0v) is 4.54. The summed E-state index contributed by atoms with van der Waals surface area (Å²) in [5, 5.41) is 8.36. The first-order valence-electron chi connectivity index (χ1n) is 2.66. The molecular weight excluding hydrogens is 98.1 g/mol. The first kappa shape index (κ1) is 5.11. The Morgan fingerprint density at radius 3 is 2.75 bits per heavy atom. The van der Waals surface area contributed by atoms with Crippen molar-refractivity contribution in [3.63, 3.8) is 0 Å². The third-order valence-electron chi connectivity index (χ3n) is 1.15. The second-order valence-electron chi connectivity index (χ2n) is 1.78. The maximum absolute atomic E-state index is 8.36. The van der Waals surface area contributed by atoms with E-state index in [2.05, 4.69) is 6.07 Å². The molecule has 0 saturated heterocycles. The minimum absolute atomic E-state index is 0.125. The van der Waals surface area contributed by atoms with Crippen LogP contribution in [0.2, 0.25) is 0 Å². The molecule has 0 N–H and O–H groups in total. The Hall–Kier alpha value is -1.03. The third-order valence-corrected chi connectivity index (χ3v) is 1.15. The SMILES string of the molecule is N#CC1C=CC=CC1. The summed E-state index contributed by atoms with van der Waals surface area (Å²) in [7, 11) is 0. The molecule has 0 radical (unpaired) electrons. The highest BCUT2D eigenvalue weighted by Crippen LogP contribution is 2.08. The van der Waals surface area contributed by atoms with E-state index in [1.165, 1.54) is 0 Å². The van der Waals surface area contributed by atoms with Gasteiger partial charge in [-0.2, -0.15) is 5.26 Å². The molecule has 1 rings (SSSR count). The predicted octanol–water partition coefficient (Wildman–Crippen LogP) is 1.64. The molecule has 0 saturated carbocycles.